The largest absolute Gasteiger partial charge is 0.492 e. The normalized spacial score (nSPS) is 13.2. The van der Waals surface area contributed by atoms with Gasteiger partial charge in [0.2, 0.25) is 0 Å². The second-order valence-corrected chi connectivity index (χ2v) is 8.05. The van der Waals surface area contributed by atoms with Gasteiger partial charge in [-0.05, 0) is 65.5 Å². The van der Waals surface area contributed by atoms with Crippen molar-refractivity contribution in [1.29, 1.82) is 0 Å². The number of benzene rings is 4. The first-order valence-corrected chi connectivity index (χ1v) is 8.94. The quantitative estimate of drug-likeness (QED) is 0.436. The first-order valence-electron chi connectivity index (χ1n) is 8.94. The zero-order chi connectivity index (χ0) is 18.7. The molecule has 26 heavy (non-hydrogen) atoms. The molecule has 0 bridgehead atoms. The molecule has 0 unspecified atom stereocenters. The summed E-state index contributed by atoms with van der Waals surface area (Å²) in [6.45, 7) is 6.94. The van der Waals surface area contributed by atoms with Gasteiger partial charge in [0.15, 0.2) is 0 Å². The zero-order valence-corrected chi connectivity index (χ0v) is 15.6. The monoisotopic (exact) mass is 346 g/mol. The summed E-state index contributed by atoms with van der Waals surface area (Å²) in [5.41, 5.74) is -1.28. The Morgan fingerprint density at radius 1 is 0.769 bits per heavy atom. The van der Waals surface area contributed by atoms with Crippen LogP contribution < -0.4 is 5.46 Å². The minimum absolute atomic E-state index is 0.716. The minimum Gasteiger partial charge on any atom is -0.423 e. The molecule has 4 aromatic carbocycles. The van der Waals surface area contributed by atoms with Crippen molar-refractivity contribution >= 4 is 44.9 Å². The van der Waals surface area contributed by atoms with E-state index >= 15 is 0 Å². The molecule has 0 aliphatic heterocycles. The Labute approximate surface area is 153 Å². The molecule has 0 saturated carbocycles. The van der Waals surface area contributed by atoms with E-state index in [4.69, 9.17) is 4.65 Å². The van der Waals surface area contributed by atoms with Gasteiger partial charge in [0.05, 0.1) is 11.2 Å². The van der Waals surface area contributed by atoms with Gasteiger partial charge in [0.25, 0.3) is 0 Å². The van der Waals surface area contributed by atoms with E-state index in [0.717, 1.165) is 16.2 Å². The Kier molecular flexibility index (Phi) is 3.78. The molecule has 2 N–H and O–H groups in total. The molecule has 0 radical (unpaired) electrons. The third-order valence-corrected chi connectivity index (χ3v) is 5.71. The first kappa shape index (κ1) is 17.3. The van der Waals surface area contributed by atoms with E-state index in [2.05, 4.69) is 36.4 Å². The Morgan fingerprint density at radius 3 is 1.92 bits per heavy atom. The van der Waals surface area contributed by atoms with Crippen LogP contribution in [-0.2, 0) is 4.65 Å². The summed E-state index contributed by atoms with van der Waals surface area (Å²) in [7, 11) is -1.12. The smallest absolute Gasteiger partial charge is 0.423 e. The minimum atomic E-state index is -1.12. The predicted octanol–water partition coefficient (Wildman–Crippen LogP) is 3.84. The molecule has 0 amide bonds. The number of aliphatic hydroxyl groups is 1. The van der Waals surface area contributed by atoms with E-state index in [0.29, 0.717) is 5.46 Å². The highest BCUT2D eigenvalue weighted by Crippen LogP contribution is 2.34. The summed E-state index contributed by atoms with van der Waals surface area (Å²) < 4.78 is 5.88. The van der Waals surface area contributed by atoms with Gasteiger partial charge in [0, 0.05) is 0 Å². The summed E-state index contributed by atoms with van der Waals surface area (Å²) in [6.07, 6.45) is 0. The highest BCUT2D eigenvalue weighted by Gasteiger charge is 2.40. The summed E-state index contributed by atoms with van der Waals surface area (Å²) in [5.74, 6) is 0. The average molecular weight is 346 g/mol. The maximum atomic E-state index is 10.8. The lowest BCUT2D eigenvalue weighted by atomic mass is 9.73. The van der Waals surface area contributed by atoms with Gasteiger partial charge in [-0.1, -0.05) is 54.6 Å². The van der Waals surface area contributed by atoms with Crippen molar-refractivity contribution in [3.63, 3.8) is 0 Å². The van der Waals surface area contributed by atoms with Gasteiger partial charge in [0.1, 0.15) is 0 Å². The van der Waals surface area contributed by atoms with Crippen molar-refractivity contribution in [3.8, 4) is 0 Å². The van der Waals surface area contributed by atoms with E-state index in [9.17, 15) is 10.1 Å². The van der Waals surface area contributed by atoms with E-state index in [1.54, 1.807) is 27.7 Å². The second kappa shape index (κ2) is 5.68. The number of hydrogen-bond acceptors (Lipinski definition) is 3. The molecule has 0 aliphatic carbocycles. The summed E-state index contributed by atoms with van der Waals surface area (Å²) in [5, 5.41) is 28.0. The Morgan fingerprint density at radius 2 is 1.31 bits per heavy atom. The maximum absolute atomic E-state index is 10.8. The van der Waals surface area contributed by atoms with E-state index in [-0.39, 0.29) is 0 Å². The molecule has 0 saturated heterocycles. The van der Waals surface area contributed by atoms with Crippen molar-refractivity contribution in [1.82, 2.24) is 0 Å². The van der Waals surface area contributed by atoms with Gasteiger partial charge in [-0.3, -0.25) is 0 Å². The van der Waals surface area contributed by atoms with Crippen molar-refractivity contribution < 1.29 is 14.8 Å². The van der Waals surface area contributed by atoms with Crippen LogP contribution in [0.3, 0.4) is 0 Å². The van der Waals surface area contributed by atoms with Crippen LogP contribution in [-0.4, -0.2) is 28.5 Å². The molecule has 0 heterocycles. The van der Waals surface area contributed by atoms with Gasteiger partial charge in [-0.2, -0.15) is 0 Å². The third-order valence-electron chi connectivity index (χ3n) is 5.71. The Hall–Kier alpha value is -2.14. The third kappa shape index (κ3) is 2.57. The van der Waals surface area contributed by atoms with Crippen LogP contribution in [0, 0.1) is 0 Å². The predicted molar refractivity (Wildman–Crippen MR) is 109 cm³/mol. The fourth-order valence-electron chi connectivity index (χ4n) is 3.46. The summed E-state index contributed by atoms with van der Waals surface area (Å²) >= 11 is 0. The van der Waals surface area contributed by atoms with Crippen molar-refractivity contribution in [2.24, 2.45) is 0 Å². The molecular formula is C22H23BO3. The highest BCUT2D eigenvalue weighted by molar-refractivity contribution is 6.64. The molecule has 0 aliphatic rings. The molecule has 132 valence electrons. The van der Waals surface area contributed by atoms with Crippen LogP contribution in [0.1, 0.15) is 27.7 Å². The van der Waals surface area contributed by atoms with Crippen molar-refractivity contribution in [2.75, 3.05) is 0 Å². The lowest BCUT2D eigenvalue weighted by molar-refractivity contribution is -0.0982. The van der Waals surface area contributed by atoms with Crippen LogP contribution in [0.15, 0.2) is 54.6 Å². The average Bonchev–Trinajstić information content (AvgIpc) is 2.58. The molecule has 0 aromatic heterocycles. The zero-order valence-electron chi connectivity index (χ0n) is 15.6. The van der Waals surface area contributed by atoms with Crippen LogP contribution in [0.5, 0.6) is 0 Å². The van der Waals surface area contributed by atoms with Crippen LogP contribution in [0.4, 0.5) is 0 Å². The molecule has 4 aromatic rings. The lowest BCUT2D eigenvalue weighted by Gasteiger charge is -2.38. The fraction of sp³-hybridized carbons (Fsp3) is 0.273. The Bertz CT molecular complexity index is 1080. The Balaban J connectivity index is 1.91. The van der Waals surface area contributed by atoms with Crippen LogP contribution in [0.2, 0.25) is 0 Å². The first-order chi connectivity index (χ1) is 12.2. The van der Waals surface area contributed by atoms with Crippen LogP contribution in [0.25, 0.3) is 32.3 Å². The topological polar surface area (TPSA) is 49.7 Å². The summed E-state index contributed by atoms with van der Waals surface area (Å²) in [4.78, 5) is 0. The summed E-state index contributed by atoms with van der Waals surface area (Å²) in [6, 6.07) is 18.6. The SMILES string of the molecule is CC(C)(O)C(C)(C)OB(O)c1ccc2ccc3cccc4ccc1c2c34. The van der Waals surface area contributed by atoms with Gasteiger partial charge in [-0.25, -0.2) is 0 Å². The molecule has 0 atom stereocenters. The fourth-order valence-corrected chi connectivity index (χ4v) is 3.46. The van der Waals surface area contributed by atoms with E-state index < -0.39 is 18.3 Å². The molecule has 3 nitrogen and oxygen atoms in total. The number of rotatable bonds is 4. The lowest BCUT2D eigenvalue weighted by Crippen LogP contribution is -2.53. The highest BCUT2D eigenvalue weighted by atomic mass is 16.5. The maximum Gasteiger partial charge on any atom is 0.492 e. The van der Waals surface area contributed by atoms with E-state index in [1.165, 1.54) is 16.2 Å². The van der Waals surface area contributed by atoms with Crippen molar-refractivity contribution in [2.45, 2.75) is 38.9 Å². The number of hydrogen-bond donors (Lipinski definition) is 2. The molecule has 4 rings (SSSR count). The van der Waals surface area contributed by atoms with Gasteiger partial charge in [-0.15, -0.1) is 0 Å². The van der Waals surface area contributed by atoms with Gasteiger partial charge < -0.3 is 14.8 Å². The van der Waals surface area contributed by atoms with E-state index in [1.807, 2.05) is 18.2 Å². The molecule has 0 spiro atoms. The molecular weight excluding hydrogens is 323 g/mol. The standard InChI is InChI=1S/C22H23BO3/c1-21(2,24)22(3,4)26-23(25)18-13-11-16-9-8-14-6-5-7-15-10-12-17(18)20(16)19(14)15/h5-13,24-25H,1-4H3. The van der Waals surface area contributed by atoms with Crippen molar-refractivity contribution in [3.05, 3.63) is 54.6 Å². The van der Waals surface area contributed by atoms with Crippen LogP contribution >= 0.6 is 0 Å². The molecule has 0 fully saturated rings. The van der Waals surface area contributed by atoms with Gasteiger partial charge >= 0.3 is 7.12 Å². The molecule has 4 heteroatoms. The second-order valence-electron chi connectivity index (χ2n) is 8.05.